The summed E-state index contributed by atoms with van der Waals surface area (Å²) >= 11 is 11.6. The molecule has 1 aromatic heterocycles. The molecule has 0 aliphatic rings. The van der Waals surface area contributed by atoms with Crippen molar-refractivity contribution in [1.82, 2.24) is 9.55 Å². The van der Waals surface area contributed by atoms with Crippen LogP contribution >= 0.6 is 23.2 Å². The molecule has 2 nitrogen and oxygen atoms in total. The number of aryl methyl sites for hydroxylation is 2. The number of halogens is 3. The van der Waals surface area contributed by atoms with Crippen LogP contribution in [0.4, 0.5) is 4.39 Å². The Bertz CT molecular complexity index is 551. The number of alkyl halides is 1. The maximum Gasteiger partial charge on any atom is 0.144 e. The molecule has 0 unspecified atom stereocenters. The molecule has 0 saturated heterocycles. The fourth-order valence-electron chi connectivity index (χ4n) is 2.01. The topological polar surface area (TPSA) is 17.8 Å². The van der Waals surface area contributed by atoms with E-state index in [4.69, 9.17) is 23.2 Å². The zero-order valence-corrected chi connectivity index (χ0v) is 11.7. The Hall–Kier alpha value is -0.800. The van der Waals surface area contributed by atoms with Gasteiger partial charge in [0.05, 0.1) is 16.1 Å². The second-order valence-corrected chi connectivity index (χ2v) is 5.01. The highest BCUT2D eigenvalue weighted by Crippen LogP contribution is 2.24. The van der Waals surface area contributed by atoms with Gasteiger partial charge in [0, 0.05) is 24.9 Å². The van der Waals surface area contributed by atoms with Crippen LogP contribution in [0.15, 0.2) is 12.1 Å². The van der Waals surface area contributed by atoms with Gasteiger partial charge in [0.1, 0.15) is 11.6 Å². The molecule has 5 heteroatoms. The first-order valence-corrected chi connectivity index (χ1v) is 6.98. The van der Waals surface area contributed by atoms with Crippen molar-refractivity contribution in [3.8, 4) is 0 Å². The van der Waals surface area contributed by atoms with Crippen molar-refractivity contribution in [3.63, 3.8) is 0 Å². The summed E-state index contributed by atoms with van der Waals surface area (Å²) in [5, 5.41) is 0.111. The highest BCUT2D eigenvalue weighted by Gasteiger charge is 2.12. The number of nitrogens with zero attached hydrogens (tertiary/aromatic N) is 2. The smallest absolute Gasteiger partial charge is 0.144 e. The molecule has 1 heterocycles. The van der Waals surface area contributed by atoms with Gasteiger partial charge in [-0.05, 0) is 12.5 Å². The number of unbranched alkanes of at least 4 members (excludes halogenated alkanes) is 1. The Labute approximate surface area is 116 Å². The van der Waals surface area contributed by atoms with Gasteiger partial charge in [-0.25, -0.2) is 9.37 Å². The van der Waals surface area contributed by atoms with E-state index in [1.807, 2.05) is 4.57 Å². The number of benzene rings is 1. The van der Waals surface area contributed by atoms with Gasteiger partial charge in [-0.3, -0.25) is 0 Å². The Kier molecular flexibility index (Phi) is 4.46. The minimum Gasteiger partial charge on any atom is -0.328 e. The van der Waals surface area contributed by atoms with E-state index in [2.05, 4.69) is 11.9 Å². The zero-order chi connectivity index (χ0) is 13.1. The molecule has 0 saturated carbocycles. The zero-order valence-electron chi connectivity index (χ0n) is 10.2. The highest BCUT2D eigenvalue weighted by atomic mass is 35.5. The van der Waals surface area contributed by atoms with Gasteiger partial charge in [0.2, 0.25) is 0 Å². The maximum atomic E-state index is 13.5. The lowest BCUT2D eigenvalue weighted by atomic mass is 10.3. The van der Waals surface area contributed by atoms with Gasteiger partial charge < -0.3 is 4.57 Å². The second-order valence-electron chi connectivity index (χ2n) is 4.23. The molecule has 0 radical (unpaired) electrons. The maximum absolute atomic E-state index is 13.5. The van der Waals surface area contributed by atoms with E-state index in [1.165, 1.54) is 6.07 Å². The molecule has 0 spiro atoms. The fraction of sp³-hybridized carbons (Fsp3) is 0.462. The minimum absolute atomic E-state index is 0.111. The highest BCUT2D eigenvalue weighted by molar-refractivity contribution is 6.31. The minimum atomic E-state index is -0.403. The van der Waals surface area contributed by atoms with Crippen LogP contribution in [0.3, 0.4) is 0 Å². The van der Waals surface area contributed by atoms with E-state index < -0.39 is 5.82 Å². The number of imidazole rings is 1. The van der Waals surface area contributed by atoms with Crippen LogP contribution in [0.25, 0.3) is 11.0 Å². The fourth-order valence-corrected chi connectivity index (χ4v) is 2.34. The summed E-state index contributed by atoms with van der Waals surface area (Å²) in [5.41, 5.74) is 1.53. The van der Waals surface area contributed by atoms with E-state index >= 15 is 0 Å². The molecule has 0 N–H and O–H groups in total. The van der Waals surface area contributed by atoms with Crippen LogP contribution in [-0.2, 0) is 13.0 Å². The molecule has 0 fully saturated rings. The SMILES string of the molecule is CCCCn1c(CCCl)nc2cc(Cl)c(F)cc21. The van der Waals surface area contributed by atoms with E-state index in [0.717, 1.165) is 36.2 Å². The first-order valence-electron chi connectivity index (χ1n) is 6.07. The summed E-state index contributed by atoms with van der Waals surface area (Å²) in [4.78, 5) is 4.48. The van der Waals surface area contributed by atoms with Crippen molar-refractivity contribution in [1.29, 1.82) is 0 Å². The molecule has 0 amide bonds. The monoisotopic (exact) mass is 288 g/mol. The van der Waals surface area contributed by atoms with Gasteiger partial charge >= 0.3 is 0 Å². The molecule has 18 heavy (non-hydrogen) atoms. The van der Waals surface area contributed by atoms with Gasteiger partial charge in [-0.1, -0.05) is 24.9 Å². The molecule has 0 aliphatic heterocycles. The second kappa shape index (κ2) is 5.89. The van der Waals surface area contributed by atoms with Crippen molar-refractivity contribution < 1.29 is 4.39 Å². The number of hydrogen-bond acceptors (Lipinski definition) is 1. The third-order valence-electron chi connectivity index (χ3n) is 2.92. The lowest BCUT2D eigenvalue weighted by Gasteiger charge is -2.07. The van der Waals surface area contributed by atoms with Gasteiger partial charge in [-0.2, -0.15) is 0 Å². The third-order valence-corrected chi connectivity index (χ3v) is 3.40. The lowest BCUT2D eigenvalue weighted by molar-refractivity contribution is 0.612. The van der Waals surface area contributed by atoms with Crippen molar-refractivity contribution in [2.45, 2.75) is 32.7 Å². The van der Waals surface area contributed by atoms with Gasteiger partial charge in [0.25, 0.3) is 0 Å². The van der Waals surface area contributed by atoms with E-state index in [0.29, 0.717) is 12.3 Å². The first-order chi connectivity index (χ1) is 8.67. The molecular weight excluding hydrogens is 274 g/mol. The number of hydrogen-bond donors (Lipinski definition) is 0. The molecule has 98 valence electrons. The van der Waals surface area contributed by atoms with Gasteiger partial charge in [-0.15, -0.1) is 11.6 Å². The van der Waals surface area contributed by atoms with Crippen molar-refractivity contribution >= 4 is 34.2 Å². The number of fused-ring (bicyclic) bond motifs is 1. The average molecular weight is 289 g/mol. The predicted molar refractivity (Wildman–Crippen MR) is 74.0 cm³/mol. The Morgan fingerprint density at radius 3 is 2.83 bits per heavy atom. The van der Waals surface area contributed by atoms with Crippen LogP contribution in [0.5, 0.6) is 0 Å². The summed E-state index contributed by atoms with van der Waals surface area (Å²) in [6.07, 6.45) is 2.79. The first kappa shape index (κ1) is 13.6. The summed E-state index contributed by atoms with van der Waals surface area (Å²) in [6.45, 7) is 2.96. The molecule has 2 rings (SSSR count). The van der Waals surface area contributed by atoms with Crippen LogP contribution in [0.1, 0.15) is 25.6 Å². The van der Waals surface area contributed by atoms with Crippen LogP contribution < -0.4 is 0 Å². The number of aromatic nitrogens is 2. The van der Waals surface area contributed by atoms with Crippen molar-refractivity contribution in [2.24, 2.45) is 0 Å². The largest absolute Gasteiger partial charge is 0.328 e. The quantitative estimate of drug-likeness (QED) is 0.745. The van der Waals surface area contributed by atoms with Crippen LogP contribution in [0, 0.1) is 5.82 Å². The molecule has 2 aromatic rings. The molecular formula is C13H15Cl2FN2. The Morgan fingerprint density at radius 1 is 1.39 bits per heavy atom. The van der Waals surface area contributed by atoms with E-state index in [-0.39, 0.29) is 5.02 Å². The van der Waals surface area contributed by atoms with Crippen LogP contribution in [0.2, 0.25) is 5.02 Å². The summed E-state index contributed by atoms with van der Waals surface area (Å²) < 4.78 is 15.6. The van der Waals surface area contributed by atoms with E-state index in [1.54, 1.807) is 6.07 Å². The summed E-state index contributed by atoms with van der Waals surface area (Å²) in [5.74, 6) is 1.00. The van der Waals surface area contributed by atoms with Gasteiger partial charge in [0.15, 0.2) is 0 Å². The summed E-state index contributed by atoms with van der Waals surface area (Å²) in [7, 11) is 0. The molecule has 0 aliphatic carbocycles. The predicted octanol–water partition coefficient (Wildman–Crippen LogP) is 4.41. The summed E-state index contributed by atoms with van der Waals surface area (Å²) in [6, 6.07) is 3.03. The Morgan fingerprint density at radius 2 is 2.17 bits per heavy atom. The third kappa shape index (κ3) is 2.62. The van der Waals surface area contributed by atoms with Crippen molar-refractivity contribution in [3.05, 3.63) is 28.8 Å². The molecule has 1 aromatic carbocycles. The average Bonchev–Trinajstić information content (AvgIpc) is 2.65. The standard InChI is InChI=1S/C13H15Cl2FN2/c1-2-3-6-18-12-8-10(16)9(15)7-11(12)17-13(18)4-5-14/h7-8H,2-6H2,1H3. The normalized spacial score (nSPS) is 11.3. The molecule has 0 bridgehead atoms. The lowest BCUT2D eigenvalue weighted by Crippen LogP contribution is -2.04. The van der Waals surface area contributed by atoms with E-state index in [9.17, 15) is 4.39 Å². The Balaban J connectivity index is 2.53. The molecule has 0 atom stereocenters. The number of rotatable bonds is 5. The van der Waals surface area contributed by atoms with Crippen LogP contribution in [-0.4, -0.2) is 15.4 Å². The van der Waals surface area contributed by atoms with Crippen molar-refractivity contribution in [2.75, 3.05) is 5.88 Å².